The quantitative estimate of drug-likeness (QED) is 0.775. The first-order valence-corrected chi connectivity index (χ1v) is 5.02. The third-order valence-corrected chi connectivity index (χ3v) is 2.50. The van der Waals surface area contributed by atoms with E-state index in [1.54, 1.807) is 12.3 Å². The molecule has 0 unspecified atom stereocenters. The Balaban J connectivity index is 2.55. The number of hydrogen-bond donors (Lipinski definition) is 2. The molecule has 0 spiro atoms. The van der Waals surface area contributed by atoms with Crippen LogP contribution in [-0.2, 0) is 11.3 Å². The minimum absolute atomic E-state index is 0.0614. The number of nitrogens with one attached hydrogen (secondary N) is 2. The van der Waals surface area contributed by atoms with Gasteiger partial charge in [0.25, 0.3) is 0 Å². The topological polar surface area (TPSA) is 66.4 Å². The third kappa shape index (κ3) is 1.71. The van der Waals surface area contributed by atoms with Crippen LogP contribution in [0.4, 0.5) is 0 Å². The predicted molar refractivity (Wildman–Crippen MR) is 60.3 cm³/mol. The first-order chi connectivity index (χ1) is 7.59. The second-order valence-corrected chi connectivity index (χ2v) is 3.72. The highest BCUT2D eigenvalue weighted by Gasteiger charge is 2.08. The molecule has 0 radical (unpaired) electrons. The Morgan fingerprint density at radius 3 is 3.00 bits per heavy atom. The van der Waals surface area contributed by atoms with Gasteiger partial charge < -0.3 is 14.7 Å². The molecule has 0 fully saturated rings. The molecule has 0 atom stereocenters. The van der Waals surface area contributed by atoms with Crippen molar-refractivity contribution in [3.05, 3.63) is 39.9 Å². The minimum Gasteiger partial charge on any atom is -0.352 e. The summed E-state index contributed by atoms with van der Waals surface area (Å²) in [7, 11) is 0. The van der Waals surface area contributed by atoms with Gasteiger partial charge >= 0.3 is 0 Å². The molecule has 0 aliphatic heterocycles. The summed E-state index contributed by atoms with van der Waals surface area (Å²) in [4.78, 5) is 25.6. The van der Waals surface area contributed by atoms with Gasteiger partial charge in [0.15, 0.2) is 5.43 Å². The summed E-state index contributed by atoms with van der Waals surface area (Å²) in [5.41, 5.74) is 2.12. The fraction of sp³-hybridized carbons (Fsp3) is 0.273. The molecular formula is C11H13N3O2. The van der Waals surface area contributed by atoms with E-state index in [0.717, 1.165) is 11.3 Å². The highest BCUT2D eigenvalue weighted by atomic mass is 16.1. The number of fused-ring (bicyclic) bond motifs is 1. The number of aromatic nitrogens is 2. The minimum atomic E-state index is -0.148. The Morgan fingerprint density at radius 2 is 2.31 bits per heavy atom. The predicted octanol–water partition coefficient (Wildman–Crippen LogP) is 0.572. The fourth-order valence-electron chi connectivity index (χ4n) is 1.71. The number of aromatic amines is 1. The molecule has 84 valence electrons. The van der Waals surface area contributed by atoms with Gasteiger partial charge in [0, 0.05) is 31.1 Å². The number of rotatable bonds is 2. The van der Waals surface area contributed by atoms with Gasteiger partial charge in [-0.15, -0.1) is 0 Å². The van der Waals surface area contributed by atoms with Gasteiger partial charge in [0.2, 0.25) is 5.91 Å². The molecule has 16 heavy (non-hydrogen) atoms. The van der Waals surface area contributed by atoms with E-state index >= 15 is 0 Å². The van der Waals surface area contributed by atoms with Gasteiger partial charge in [-0.1, -0.05) is 0 Å². The average Bonchev–Trinajstić information content (AvgIpc) is 2.65. The standard InChI is InChI=1S/C11H13N3O2/c1-7-5-10(16)9(6-13-8(2)15)11-12-3-4-14(7)11/h3-5,12H,6H2,1-2H3,(H,13,15). The SMILES string of the molecule is CC(=O)NCc1c(=O)cc(C)n2cc[nH]c12. The number of amides is 1. The van der Waals surface area contributed by atoms with E-state index in [4.69, 9.17) is 0 Å². The van der Waals surface area contributed by atoms with Crippen LogP contribution >= 0.6 is 0 Å². The highest BCUT2D eigenvalue weighted by Crippen LogP contribution is 2.07. The van der Waals surface area contributed by atoms with E-state index in [9.17, 15) is 9.59 Å². The van der Waals surface area contributed by atoms with Crippen molar-refractivity contribution in [3.63, 3.8) is 0 Å². The molecule has 0 aliphatic carbocycles. The number of carbonyl (C=O) groups is 1. The van der Waals surface area contributed by atoms with Crippen molar-refractivity contribution in [3.8, 4) is 0 Å². The molecule has 0 saturated carbocycles. The van der Waals surface area contributed by atoms with Crippen molar-refractivity contribution < 1.29 is 4.79 Å². The van der Waals surface area contributed by atoms with Crippen LogP contribution in [0.1, 0.15) is 18.2 Å². The van der Waals surface area contributed by atoms with Gasteiger partial charge in [-0.25, -0.2) is 0 Å². The number of aryl methyl sites for hydroxylation is 1. The molecule has 5 heteroatoms. The molecule has 0 aromatic carbocycles. The normalized spacial score (nSPS) is 10.6. The Bertz CT molecular complexity index is 595. The van der Waals surface area contributed by atoms with Gasteiger partial charge in [-0.3, -0.25) is 9.59 Å². The Kier molecular flexibility index (Phi) is 2.52. The number of nitrogens with zero attached hydrogens (tertiary/aromatic N) is 1. The second kappa shape index (κ2) is 3.84. The molecule has 0 bridgehead atoms. The third-order valence-electron chi connectivity index (χ3n) is 2.50. The van der Waals surface area contributed by atoms with Crippen molar-refractivity contribution in [2.45, 2.75) is 20.4 Å². The maximum absolute atomic E-state index is 11.8. The maximum atomic E-state index is 11.8. The summed E-state index contributed by atoms with van der Waals surface area (Å²) in [6.07, 6.45) is 3.61. The Morgan fingerprint density at radius 1 is 1.56 bits per heavy atom. The molecular weight excluding hydrogens is 206 g/mol. The lowest BCUT2D eigenvalue weighted by Crippen LogP contribution is -2.24. The van der Waals surface area contributed by atoms with E-state index in [2.05, 4.69) is 10.3 Å². The van der Waals surface area contributed by atoms with E-state index in [1.165, 1.54) is 6.92 Å². The van der Waals surface area contributed by atoms with Crippen molar-refractivity contribution >= 4 is 11.6 Å². The molecule has 2 aromatic heterocycles. The summed E-state index contributed by atoms with van der Waals surface area (Å²) in [6.45, 7) is 3.54. The van der Waals surface area contributed by atoms with Crippen LogP contribution in [0.15, 0.2) is 23.3 Å². The van der Waals surface area contributed by atoms with E-state index in [-0.39, 0.29) is 17.9 Å². The zero-order chi connectivity index (χ0) is 11.7. The largest absolute Gasteiger partial charge is 0.352 e. The Labute approximate surface area is 92.1 Å². The van der Waals surface area contributed by atoms with Crippen LogP contribution in [0.5, 0.6) is 0 Å². The molecule has 0 saturated heterocycles. The number of imidazole rings is 1. The van der Waals surface area contributed by atoms with Crippen LogP contribution in [0.2, 0.25) is 0 Å². The molecule has 2 N–H and O–H groups in total. The summed E-state index contributed by atoms with van der Waals surface area (Å²) < 4.78 is 1.89. The van der Waals surface area contributed by atoms with E-state index < -0.39 is 0 Å². The van der Waals surface area contributed by atoms with Crippen LogP contribution in [-0.4, -0.2) is 15.3 Å². The lowest BCUT2D eigenvalue weighted by atomic mass is 10.2. The summed E-state index contributed by atoms with van der Waals surface area (Å²) in [5, 5.41) is 2.63. The molecule has 2 aromatic rings. The molecule has 1 amide bonds. The van der Waals surface area contributed by atoms with Gasteiger partial charge in [0.1, 0.15) is 5.65 Å². The second-order valence-electron chi connectivity index (χ2n) is 3.72. The smallest absolute Gasteiger partial charge is 0.217 e. The summed E-state index contributed by atoms with van der Waals surface area (Å²) in [5.74, 6) is -0.148. The molecule has 0 aliphatic rings. The number of carbonyl (C=O) groups excluding carboxylic acids is 1. The lowest BCUT2D eigenvalue weighted by molar-refractivity contribution is -0.119. The molecule has 5 nitrogen and oxygen atoms in total. The van der Waals surface area contributed by atoms with Crippen LogP contribution in [0.3, 0.4) is 0 Å². The number of H-pyrrole nitrogens is 1. The van der Waals surface area contributed by atoms with Crippen LogP contribution in [0.25, 0.3) is 5.65 Å². The van der Waals surface area contributed by atoms with Crippen molar-refractivity contribution in [1.82, 2.24) is 14.7 Å². The van der Waals surface area contributed by atoms with E-state index in [0.29, 0.717) is 5.56 Å². The molecule has 2 rings (SSSR count). The van der Waals surface area contributed by atoms with Crippen molar-refractivity contribution in [2.75, 3.05) is 0 Å². The fourth-order valence-corrected chi connectivity index (χ4v) is 1.71. The monoisotopic (exact) mass is 219 g/mol. The van der Waals surface area contributed by atoms with Crippen LogP contribution in [0, 0.1) is 6.92 Å². The summed E-state index contributed by atoms with van der Waals surface area (Å²) >= 11 is 0. The molecule has 2 heterocycles. The zero-order valence-corrected chi connectivity index (χ0v) is 9.20. The first kappa shape index (κ1) is 10.5. The van der Waals surface area contributed by atoms with Crippen molar-refractivity contribution in [1.29, 1.82) is 0 Å². The Hall–Kier alpha value is -2.04. The first-order valence-electron chi connectivity index (χ1n) is 5.02. The van der Waals surface area contributed by atoms with Gasteiger partial charge in [-0.05, 0) is 6.92 Å². The maximum Gasteiger partial charge on any atom is 0.217 e. The average molecular weight is 219 g/mol. The number of hydrogen-bond acceptors (Lipinski definition) is 2. The zero-order valence-electron chi connectivity index (χ0n) is 9.20. The number of pyridine rings is 1. The van der Waals surface area contributed by atoms with Gasteiger partial charge in [-0.2, -0.15) is 0 Å². The lowest BCUT2D eigenvalue weighted by Gasteiger charge is -2.06. The summed E-state index contributed by atoms with van der Waals surface area (Å²) in [6, 6.07) is 1.57. The van der Waals surface area contributed by atoms with Gasteiger partial charge in [0.05, 0.1) is 12.1 Å². The van der Waals surface area contributed by atoms with E-state index in [1.807, 2.05) is 17.5 Å². The highest BCUT2D eigenvalue weighted by molar-refractivity contribution is 5.73. The van der Waals surface area contributed by atoms with Crippen LogP contribution < -0.4 is 10.7 Å². The van der Waals surface area contributed by atoms with Crippen molar-refractivity contribution in [2.24, 2.45) is 0 Å².